The second-order valence-corrected chi connectivity index (χ2v) is 6.03. The van der Waals surface area contributed by atoms with Gasteiger partial charge in [-0.2, -0.15) is 0 Å². The van der Waals surface area contributed by atoms with Crippen LogP contribution in [-0.2, 0) is 33.3 Å². The largest absolute Gasteiger partial charge is 0.479 e. The molecule has 156 valence electrons. The molecule has 0 spiro atoms. The van der Waals surface area contributed by atoms with E-state index in [1.165, 1.54) is 0 Å². The summed E-state index contributed by atoms with van der Waals surface area (Å²) >= 11 is 0. The minimum absolute atomic E-state index is 1.10. The lowest BCUT2D eigenvalue weighted by Crippen LogP contribution is -2.65. The zero-order chi connectivity index (χ0) is 20.5. The van der Waals surface area contributed by atoms with E-state index >= 15 is 0 Å². The molecule has 0 bridgehead atoms. The lowest BCUT2D eigenvalue weighted by molar-refractivity contribution is -0.349. The summed E-state index contributed by atoms with van der Waals surface area (Å²) in [4.78, 5) is 22.7. The Morgan fingerprint density at radius 2 is 1.15 bits per heavy atom. The van der Waals surface area contributed by atoms with E-state index in [2.05, 4.69) is 0 Å². The standard InChI is InChI=1S/C14H22O13/c1-23-7-3(15)6(18)14(27-9(7)11(19)20)25-8-4(16)5(17)13(24-2)26-10(8)12(21)22/h3-10,13-18H,1-2H3,(H,19,20)(H,21,22)/t3-,4-,5?,6?,7-,8-,9?,10?,13-,14-/m1/s1. The Morgan fingerprint density at radius 1 is 0.704 bits per heavy atom. The zero-order valence-electron chi connectivity index (χ0n) is 14.3. The van der Waals surface area contributed by atoms with Crippen LogP contribution < -0.4 is 0 Å². The van der Waals surface area contributed by atoms with Gasteiger partial charge in [0.25, 0.3) is 0 Å². The van der Waals surface area contributed by atoms with Crippen LogP contribution in [0.3, 0.4) is 0 Å². The predicted octanol–water partition coefficient (Wildman–Crippen LogP) is -3.90. The van der Waals surface area contributed by atoms with Crippen LogP contribution in [0.15, 0.2) is 0 Å². The van der Waals surface area contributed by atoms with Crippen molar-refractivity contribution in [2.24, 2.45) is 0 Å². The maximum absolute atomic E-state index is 11.4. The van der Waals surface area contributed by atoms with Gasteiger partial charge in [-0.15, -0.1) is 0 Å². The molecule has 2 saturated heterocycles. The summed E-state index contributed by atoms with van der Waals surface area (Å²) in [7, 11) is 2.22. The molecule has 2 aliphatic heterocycles. The number of aliphatic hydroxyl groups is 4. The van der Waals surface area contributed by atoms with Crippen LogP contribution in [0.4, 0.5) is 0 Å². The Labute approximate surface area is 152 Å². The molecule has 13 nitrogen and oxygen atoms in total. The van der Waals surface area contributed by atoms with Crippen LogP contribution in [0.2, 0.25) is 0 Å². The highest BCUT2D eigenvalue weighted by atomic mass is 16.7. The van der Waals surface area contributed by atoms with Gasteiger partial charge in [-0.05, 0) is 0 Å². The van der Waals surface area contributed by atoms with E-state index in [0.29, 0.717) is 0 Å². The lowest BCUT2D eigenvalue weighted by atomic mass is 9.96. The molecule has 0 radical (unpaired) electrons. The quantitative estimate of drug-likeness (QED) is 0.254. The van der Waals surface area contributed by atoms with Crippen LogP contribution in [0.1, 0.15) is 0 Å². The maximum Gasteiger partial charge on any atom is 0.335 e. The molecule has 0 saturated carbocycles. The fourth-order valence-electron chi connectivity index (χ4n) is 2.95. The van der Waals surface area contributed by atoms with Gasteiger partial charge >= 0.3 is 11.9 Å². The number of aliphatic carboxylic acids is 2. The van der Waals surface area contributed by atoms with Crippen molar-refractivity contribution >= 4 is 11.9 Å². The number of hydrogen-bond donors (Lipinski definition) is 6. The predicted molar refractivity (Wildman–Crippen MR) is 79.3 cm³/mol. The van der Waals surface area contributed by atoms with Gasteiger partial charge < -0.3 is 54.3 Å². The average Bonchev–Trinajstić information content (AvgIpc) is 2.62. The van der Waals surface area contributed by atoms with Gasteiger partial charge in [-0.3, -0.25) is 0 Å². The summed E-state index contributed by atoms with van der Waals surface area (Å²) in [5, 5.41) is 58.7. The number of rotatable bonds is 6. The molecule has 27 heavy (non-hydrogen) atoms. The third kappa shape index (κ3) is 4.21. The van der Waals surface area contributed by atoms with Gasteiger partial charge in [0.05, 0.1) is 0 Å². The number of hydrogen-bond acceptors (Lipinski definition) is 11. The van der Waals surface area contributed by atoms with E-state index in [1.807, 2.05) is 0 Å². The van der Waals surface area contributed by atoms with Gasteiger partial charge in [0, 0.05) is 14.2 Å². The Bertz CT molecular complexity index is 541. The number of aliphatic hydroxyl groups excluding tert-OH is 4. The van der Waals surface area contributed by atoms with E-state index in [9.17, 15) is 40.2 Å². The summed E-state index contributed by atoms with van der Waals surface area (Å²) in [6.45, 7) is 0. The average molecular weight is 398 g/mol. The van der Waals surface area contributed by atoms with Gasteiger partial charge in [0.1, 0.15) is 36.6 Å². The Balaban J connectivity index is 2.24. The Morgan fingerprint density at radius 3 is 1.63 bits per heavy atom. The molecule has 0 aliphatic carbocycles. The molecular weight excluding hydrogens is 376 g/mol. The molecule has 6 N–H and O–H groups in total. The van der Waals surface area contributed by atoms with Crippen molar-refractivity contribution in [2.45, 2.75) is 61.4 Å². The first-order valence-corrected chi connectivity index (χ1v) is 7.83. The first kappa shape index (κ1) is 21.9. The van der Waals surface area contributed by atoms with Gasteiger partial charge in [0.2, 0.25) is 0 Å². The zero-order valence-corrected chi connectivity index (χ0v) is 14.3. The highest BCUT2D eigenvalue weighted by molar-refractivity contribution is 5.74. The van der Waals surface area contributed by atoms with Crippen molar-refractivity contribution in [3.05, 3.63) is 0 Å². The number of ether oxygens (including phenoxy) is 5. The minimum atomic E-state index is -1.86. The fourth-order valence-corrected chi connectivity index (χ4v) is 2.95. The van der Waals surface area contributed by atoms with Crippen molar-refractivity contribution in [1.82, 2.24) is 0 Å². The van der Waals surface area contributed by atoms with E-state index < -0.39 is 73.4 Å². The molecule has 2 heterocycles. The highest BCUT2D eigenvalue weighted by Crippen LogP contribution is 2.30. The van der Waals surface area contributed by atoms with Gasteiger partial charge in [-0.25, -0.2) is 9.59 Å². The van der Waals surface area contributed by atoms with Gasteiger partial charge in [-0.1, -0.05) is 0 Å². The fraction of sp³-hybridized carbons (Fsp3) is 0.857. The molecule has 2 rings (SSSR count). The number of carboxylic acids is 2. The monoisotopic (exact) mass is 398 g/mol. The van der Waals surface area contributed by atoms with Crippen molar-refractivity contribution in [3.63, 3.8) is 0 Å². The van der Waals surface area contributed by atoms with Crippen LogP contribution in [0.5, 0.6) is 0 Å². The molecule has 0 aromatic heterocycles. The lowest BCUT2D eigenvalue weighted by Gasteiger charge is -2.45. The second-order valence-electron chi connectivity index (χ2n) is 6.03. The smallest absolute Gasteiger partial charge is 0.335 e. The van der Waals surface area contributed by atoms with Crippen molar-refractivity contribution in [3.8, 4) is 0 Å². The topological polar surface area (TPSA) is 202 Å². The van der Waals surface area contributed by atoms with Crippen LogP contribution in [0, 0.1) is 0 Å². The number of carboxylic acid groups (broad SMARTS) is 2. The first-order valence-electron chi connectivity index (χ1n) is 7.83. The number of carbonyl (C=O) groups is 2. The molecule has 2 aliphatic rings. The van der Waals surface area contributed by atoms with Gasteiger partial charge in [0.15, 0.2) is 24.8 Å². The van der Waals surface area contributed by atoms with Crippen LogP contribution >= 0.6 is 0 Å². The number of methoxy groups -OCH3 is 2. The molecule has 0 amide bonds. The molecule has 0 aromatic carbocycles. The maximum atomic E-state index is 11.4. The van der Waals surface area contributed by atoms with Crippen LogP contribution in [-0.4, -0.2) is 118 Å². The minimum Gasteiger partial charge on any atom is -0.479 e. The molecule has 10 atom stereocenters. The third-order valence-electron chi connectivity index (χ3n) is 4.37. The highest BCUT2D eigenvalue weighted by Gasteiger charge is 2.54. The summed E-state index contributed by atoms with van der Waals surface area (Å²) in [5.41, 5.74) is 0. The van der Waals surface area contributed by atoms with Crippen molar-refractivity contribution in [2.75, 3.05) is 14.2 Å². The molecule has 4 unspecified atom stereocenters. The van der Waals surface area contributed by atoms with Crippen LogP contribution in [0.25, 0.3) is 0 Å². The molecule has 13 heteroatoms. The van der Waals surface area contributed by atoms with E-state index in [1.54, 1.807) is 0 Å². The van der Waals surface area contributed by atoms with E-state index in [-0.39, 0.29) is 0 Å². The summed E-state index contributed by atoms with van der Waals surface area (Å²) < 4.78 is 24.9. The normalized spacial score (nSPS) is 45.4. The van der Waals surface area contributed by atoms with E-state index in [0.717, 1.165) is 14.2 Å². The van der Waals surface area contributed by atoms with Crippen molar-refractivity contribution in [1.29, 1.82) is 0 Å². The molecular formula is C14H22O13. The third-order valence-corrected chi connectivity index (χ3v) is 4.37. The molecule has 2 fully saturated rings. The Kier molecular flexibility index (Phi) is 7.07. The first-order chi connectivity index (χ1) is 12.6. The summed E-state index contributed by atoms with van der Waals surface area (Å²) in [6.07, 6.45) is -17.3. The second kappa shape index (κ2) is 8.72. The van der Waals surface area contributed by atoms with E-state index in [4.69, 9.17) is 23.7 Å². The Hall–Kier alpha value is -1.42. The van der Waals surface area contributed by atoms with Crippen molar-refractivity contribution < 1.29 is 63.9 Å². The summed E-state index contributed by atoms with van der Waals surface area (Å²) in [5.74, 6) is -3.11. The summed E-state index contributed by atoms with van der Waals surface area (Å²) in [6, 6.07) is 0. The SMILES string of the molecule is CO[C@@H]1OC(C(=O)O)[C@H](O[C@@H]2OC(C(=O)O)[C@H](OC)[C@H](O)C2O)[C@H](O)C1O. The molecule has 0 aromatic rings.